The number of furan rings is 1. The lowest BCUT2D eigenvalue weighted by Crippen LogP contribution is -2.25. The van der Waals surface area contributed by atoms with E-state index in [0.29, 0.717) is 5.82 Å². The summed E-state index contributed by atoms with van der Waals surface area (Å²) in [4.78, 5) is 11.9. The monoisotopic (exact) mass is 271 g/mol. The van der Waals surface area contributed by atoms with E-state index in [2.05, 4.69) is 25.9 Å². The predicted octanol–water partition coefficient (Wildman–Crippen LogP) is 1.11. The average molecular weight is 271 g/mol. The van der Waals surface area contributed by atoms with Crippen LogP contribution in [0, 0.1) is 6.92 Å². The standard InChI is InChI=1S/C13H13N5O2/c1-8-2-3-10-9(7-20-11(10)4-8)5-13(19)14-6-12-15-17-18-16-12/h2-4,7H,5-6H2,1H3,(H,14,19)(H,15,16,17,18). The van der Waals surface area contributed by atoms with Crippen molar-refractivity contribution in [1.82, 2.24) is 25.9 Å². The Hall–Kier alpha value is -2.70. The second-order valence-corrected chi connectivity index (χ2v) is 4.54. The maximum atomic E-state index is 11.9. The van der Waals surface area contributed by atoms with Crippen LogP contribution in [0.1, 0.15) is 17.0 Å². The molecule has 20 heavy (non-hydrogen) atoms. The summed E-state index contributed by atoms with van der Waals surface area (Å²) < 4.78 is 5.46. The maximum absolute atomic E-state index is 11.9. The molecule has 0 saturated carbocycles. The molecule has 1 aromatic carbocycles. The van der Waals surface area contributed by atoms with Gasteiger partial charge in [-0.15, -0.1) is 10.2 Å². The van der Waals surface area contributed by atoms with Crippen LogP contribution < -0.4 is 5.32 Å². The zero-order chi connectivity index (χ0) is 13.9. The molecule has 7 heteroatoms. The van der Waals surface area contributed by atoms with Crippen molar-refractivity contribution in [3.05, 3.63) is 41.4 Å². The third kappa shape index (κ3) is 2.51. The van der Waals surface area contributed by atoms with Crippen LogP contribution in [0.5, 0.6) is 0 Å². The van der Waals surface area contributed by atoms with Crippen molar-refractivity contribution in [3.63, 3.8) is 0 Å². The van der Waals surface area contributed by atoms with E-state index in [1.165, 1.54) is 0 Å². The van der Waals surface area contributed by atoms with Gasteiger partial charge in [-0.3, -0.25) is 4.79 Å². The Balaban J connectivity index is 1.68. The van der Waals surface area contributed by atoms with Crippen LogP contribution in [-0.4, -0.2) is 26.5 Å². The highest BCUT2D eigenvalue weighted by atomic mass is 16.3. The normalized spacial score (nSPS) is 10.8. The molecule has 1 amide bonds. The van der Waals surface area contributed by atoms with E-state index < -0.39 is 0 Å². The van der Waals surface area contributed by atoms with Crippen molar-refractivity contribution >= 4 is 16.9 Å². The smallest absolute Gasteiger partial charge is 0.224 e. The number of amides is 1. The van der Waals surface area contributed by atoms with Crippen molar-refractivity contribution in [2.24, 2.45) is 0 Å². The molecule has 7 nitrogen and oxygen atoms in total. The van der Waals surface area contributed by atoms with Crippen LogP contribution in [-0.2, 0) is 17.8 Å². The van der Waals surface area contributed by atoms with E-state index in [-0.39, 0.29) is 18.9 Å². The van der Waals surface area contributed by atoms with Crippen LogP contribution in [0.2, 0.25) is 0 Å². The number of aromatic nitrogens is 4. The predicted molar refractivity (Wildman–Crippen MR) is 70.7 cm³/mol. The number of rotatable bonds is 4. The first kappa shape index (κ1) is 12.3. The van der Waals surface area contributed by atoms with Crippen LogP contribution in [0.15, 0.2) is 28.9 Å². The molecular weight excluding hydrogens is 258 g/mol. The summed E-state index contributed by atoms with van der Waals surface area (Å²) in [5.41, 5.74) is 2.79. The molecule has 0 aliphatic rings. The first-order valence-corrected chi connectivity index (χ1v) is 6.18. The van der Waals surface area contributed by atoms with E-state index >= 15 is 0 Å². The number of benzene rings is 1. The Morgan fingerprint density at radius 1 is 1.45 bits per heavy atom. The number of fused-ring (bicyclic) bond motifs is 1. The van der Waals surface area contributed by atoms with E-state index in [1.54, 1.807) is 6.26 Å². The van der Waals surface area contributed by atoms with E-state index in [4.69, 9.17) is 4.42 Å². The van der Waals surface area contributed by atoms with Crippen LogP contribution in [0.25, 0.3) is 11.0 Å². The summed E-state index contributed by atoms with van der Waals surface area (Å²) in [5, 5.41) is 17.0. The van der Waals surface area contributed by atoms with Crippen LogP contribution in [0.3, 0.4) is 0 Å². The summed E-state index contributed by atoms with van der Waals surface area (Å²) >= 11 is 0. The highest BCUT2D eigenvalue weighted by Crippen LogP contribution is 2.22. The van der Waals surface area contributed by atoms with Crippen molar-refractivity contribution in [2.75, 3.05) is 0 Å². The van der Waals surface area contributed by atoms with Crippen LogP contribution >= 0.6 is 0 Å². The maximum Gasteiger partial charge on any atom is 0.224 e. The molecule has 0 radical (unpaired) electrons. The lowest BCUT2D eigenvalue weighted by atomic mass is 10.1. The number of nitrogens with one attached hydrogen (secondary N) is 2. The molecule has 0 saturated heterocycles. The van der Waals surface area contributed by atoms with Gasteiger partial charge in [0.15, 0.2) is 5.82 Å². The van der Waals surface area contributed by atoms with Crippen molar-refractivity contribution in [3.8, 4) is 0 Å². The van der Waals surface area contributed by atoms with Gasteiger partial charge in [-0.25, -0.2) is 0 Å². The number of hydrogen-bond donors (Lipinski definition) is 2. The molecule has 0 unspecified atom stereocenters. The molecular formula is C13H13N5O2. The quantitative estimate of drug-likeness (QED) is 0.741. The fourth-order valence-corrected chi connectivity index (χ4v) is 2.00. The Morgan fingerprint density at radius 3 is 3.15 bits per heavy atom. The zero-order valence-corrected chi connectivity index (χ0v) is 10.9. The zero-order valence-electron chi connectivity index (χ0n) is 10.9. The summed E-state index contributed by atoms with van der Waals surface area (Å²) in [6, 6.07) is 5.92. The van der Waals surface area contributed by atoms with Crippen molar-refractivity contribution in [2.45, 2.75) is 19.9 Å². The van der Waals surface area contributed by atoms with Gasteiger partial charge in [0.25, 0.3) is 0 Å². The molecule has 0 aliphatic heterocycles. The van der Waals surface area contributed by atoms with Gasteiger partial charge in [-0.1, -0.05) is 17.3 Å². The molecule has 2 heterocycles. The molecule has 0 spiro atoms. The summed E-state index contributed by atoms with van der Waals surface area (Å²) in [5.74, 6) is 0.337. The van der Waals surface area contributed by atoms with Gasteiger partial charge in [-0.05, 0) is 18.6 Å². The lowest BCUT2D eigenvalue weighted by molar-refractivity contribution is -0.120. The SMILES string of the molecule is Cc1ccc2c(CC(=O)NCc3nn[nH]n3)coc2c1. The number of aromatic amines is 1. The first-order valence-electron chi connectivity index (χ1n) is 6.18. The fraction of sp³-hybridized carbons (Fsp3) is 0.231. The summed E-state index contributed by atoms with van der Waals surface area (Å²) in [6.07, 6.45) is 1.88. The second kappa shape index (κ2) is 5.12. The minimum Gasteiger partial charge on any atom is -0.464 e. The molecule has 0 bridgehead atoms. The molecule has 2 aromatic heterocycles. The number of aryl methyl sites for hydroxylation is 1. The lowest BCUT2D eigenvalue weighted by Gasteiger charge is -2.01. The van der Waals surface area contributed by atoms with Crippen LogP contribution in [0.4, 0.5) is 0 Å². The highest BCUT2D eigenvalue weighted by molar-refractivity contribution is 5.87. The molecule has 0 fully saturated rings. The summed E-state index contributed by atoms with van der Waals surface area (Å²) in [7, 11) is 0. The molecule has 3 aromatic rings. The second-order valence-electron chi connectivity index (χ2n) is 4.54. The van der Waals surface area contributed by atoms with Gasteiger partial charge in [0, 0.05) is 10.9 Å². The topological polar surface area (TPSA) is 96.7 Å². The van der Waals surface area contributed by atoms with Gasteiger partial charge in [0.05, 0.1) is 19.2 Å². The van der Waals surface area contributed by atoms with E-state index in [1.807, 2.05) is 25.1 Å². The van der Waals surface area contributed by atoms with Gasteiger partial charge in [0.2, 0.25) is 5.91 Å². The number of nitrogens with zero attached hydrogens (tertiary/aromatic N) is 3. The van der Waals surface area contributed by atoms with Crippen molar-refractivity contribution < 1.29 is 9.21 Å². The Labute approximate surface area is 114 Å². The minimum absolute atomic E-state index is 0.113. The van der Waals surface area contributed by atoms with Gasteiger partial charge < -0.3 is 9.73 Å². The minimum atomic E-state index is -0.113. The molecule has 102 valence electrons. The number of H-pyrrole nitrogens is 1. The Kier molecular flexibility index (Phi) is 3.16. The largest absolute Gasteiger partial charge is 0.464 e. The fourth-order valence-electron chi connectivity index (χ4n) is 2.00. The number of carbonyl (C=O) groups excluding carboxylic acids is 1. The molecule has 3 rings (SSSR count). The van der Waals surface area contributed by atoms with Gasteiger partial charge in [-0.2, -0.15) is 5.21 Å². The third-order valence-corrected chi connectivity index (χ3v) is 3.00. The number of tetrazole rings is 1. The number of hydrogen-bond acceptors (Lipinski definition) is 5. The average Bonchev–Trinajstić information content (AvgIpc) is 3.06. The molecule has 0 atom stereocenters. The number of carbonyl (C=O) groups is 1. The Morgan fingerprint density at radius 2 is 2.35 bits per heavy atom. The van der Waals surface area contributed by atoms with Gasteiger partial charge in [0.1, 0.15) is 5.58 Å². The summed E-state index contributed by atoms with van der Waals surface area (Å²) in [6.45, 7) is 2.25. The first-order chi connectivity index (χ1) is 9.72. The molecule has 2 N–H and O–H groups in total. The van der Waals surface area contributed by atoms with E-state index in [9.17, 15) is 4.79 Å². The van der Waals surface area contributed by atoms with Gasteiger partial charge >= 0.3 is 0 Å². The third-order valence-electron chi connectivity index (χ3n) is 3.00. The molecule has 0 aliphatic carbocycles. The van der Waals surface area contributed by atoms with E-state index in [0.717, 1.165) is 22.1 Å². The van der Waals surface area contributed by atoms with Crippen molar-refractivity contribution in [1.29, 1.82) is 0 Å². The highest BCUT2D eigenvalue weighted by Gasteiger charge is 2.11. The Bertz CT molecular complexity index is 732.